The van der Waals surface area contributed by atoms with Gasteiger partial charge in [-0.15, -0.1) is 0 Å². The van der Waals surface area contributed by atoms with E-state index < -0.39 is 17.7 Å². The van der Waals surface area contributed by atoms with Crippen molar-refractivity contribution in [1.82, 2.24) is 9.88 Å². The number of aliphatic hydroxyl groups excluding tert-OH is 1. The quantitative estimate of drug-likeness (QED) is 0.319. The topological polar surface area (TPSA) is 98.2 Å². The Kier molecular flexibility index (Phi) is 6.10. The van der Waals surface area contributed by atoms with Crippen LogP contribution in [0.3, 0.4) is 0 Å². The molecule has 1 fully saturated rings. The highest BCUT2D eigenvalue weighted by molar-refractivity contribution is 6.46. The molecule has 8 nitrogen and oxygen atoms in total. The molecule has 36 heavy (non-hydrogen) atoms. The summed E-state index contributed by atoms with van der Waals surface area (Å²) < 4.78 is 16.8. The Balaban J connectivity index is 1.69. The fraction of sp³-hybridized carbons (Fsp3) is 0.250. The van der Waals surface area contributed by atoms with Gasteiger partial charge in [0.1, 0.15) is 29.1 Å². The molecule has 1 amide bonds. The lowest BCUT2D eigenvalue weighted by Crippen LogP contribution is -2.29. The number of pyridine rings is 1. The lowest BCUT2D eigenvalue weighted by molar-refractivity contribution is -0.140. The smallest absolute Gasteiger partial charge is 0.295 e. The lowest BCUT2D eigenvalue weighted by atomic mass is 9.93. The fourth-order valence-electron chi connectivity index (χ4n) is 4.83. The second-order valence-corrected chi connectivity index (χ2v) is 8.85. The third-order valence-electron chi connectivity index (χ3n) is 6.52. The van der Waals surface area contributed by atoms with E-state index in [2.05, 4.69) is 4.98 Å². The number of hydrogen-bond acceptors (Lipinski definition) is 7. The molecule has 2 aliphatic heterocycles. The summed E-state index contributed by atoms with van der Waals surface area (Å²) in [6, 6.07) is 13.1. The highest BCUT2D eigenvalue weighted by Crippen LogP contribution is 2.45. The third-order valence-corrected chi connectivity index (χ3v) is 6.52. The molecule has 0 aliphatic carbocycles. The van der Waals surface area contributed by atoms with Crippen LogP contribution in [0.1, 0.15) is 35.2 Å². The van der Waals surface area contributed by atoms with Gasteiger partial charge in [-0.25, -0.2) is 0 Å². The second kappa shape index (κ2) is 9.37. The molecule has 1 saturated heterocycles. The number of carbonyl (C=O) groups excluding carboxylic acids is 2. The van der Waals surface area contributed by atoms with Gasteiger partial charge in [-0.3, -0.25) is 14.6 Å². The number of Topliss-reactive ketones (excluding diaryl/α,β-unsaturated/α-hetero) is 1. The maximum absolute atomic E-state index is 13.4. The van der Waals surface area contributed by atoms with Crippen LogP contribution in [0, 0.1) is 0 Å². The van der Waals surface area contributed by atoms with Crippen molar-refractivity contribution in [3.8, 4) is 17.2 Å². The Labute approximate surface area is 208 Å². The molecule has 2 aliphatic rings. The summed E-state index contributed by atoms with van der Waals surface area (Å²) in [5.41, 5.74) is 2.64. The van der Waals surface area contributed by atoms with Crippen LogP contribution in [0.5, 0.6) is 17.2 Å². The first-order chi connectivity index (χ1) is 17.4. The van der Waals surface area contributed by atoms with E-state index >= 15 is 0 Å². The predicted octanol–water partition coefficient (Wildman–Crippen LogP) is 4.04. The Morgan fingerprint density at radius 2 is 1.97 bits per heavy atom. The highest BCUT2D eigenvalue weighted by Gasteiger charge is 2.47. The number of hydrogen-bond donors (Lipinski definition) is 1. The van der Waals surface area contributed by atoms with E-state index in [-0.39, 0.29) is 24.0 Å². The third kappa shape index (κ3) is 4.04. The van der Waals surface area contributed by atoms with Crippen LogP contribution in [0.15, 0.2) is 66.5 Å². The molecule has 2 aromatic carbocycles. The Morgan fingerprint density at radius 1 is 1.14 bits per heavy atom. The van der Waals surface area contributed by atoms with Crippen LogP contribution in [-0.4, -0.2) is 47.0 Å². The van der Waals surface area contributed by atoms with Crippen molar-refractivity contribution in [2.24, 2.45) is 0 Å². The Hall–Kier alpha value is -4.33. The maximum Gasteiger partial charge on any atom is 0.295 e. The molecule has 1 aromatic heterocycles. The van der Waals surface area contributed by atoms with E-state index in [4.69, 9.17) is 14.2 Å². The predicted molar refractivity (Wildman–Crippen MR) is 132 cm³/mol. The van der Waals surface area contributed by atoms with Gasteiger partial charge < -0.3 is 24.2 Å². The zero-order chi connectivity index (χ0) is 25.4. The summed E-state index contributed by atoms with van der Waals surface area (Å²) in [5, 5.41) is 11.5. The number of aromatic nitrogens is 1. The Morgan fingerprint density at radius 3 is 2.69 bits per heavy atom. The van der Waals surface area contributed by atoms with Gasteiger partial charge in [-0.2, -0.15) is 0 Å². The molecule has 2 atom stereocenters. The number of methoxy groups -OCH3 is 2. The largest absolute Gasteiger partial charge is 0.507 e. The van der Waals surface area contributed by atoms with Crippen LogP contribution in [0.25, 0.3) is 5.76 Å². The second-order valence-electron chi connectivity index (χ2n) is 8.85. The van der Waals surface area contributed by atoms with Crippen molar-refractivity contribution in [2.75, 3.05) is 14.2 Å². The molecule has 0 radical (unpaired) electrons. The molecule has 2 unspecified atom stereocenters. The Bertz CT molecular complexity index is 1370. The SMILES string of the molecule is COc1ccc(OC)c(C2/C(=C(\O)c3ccc4c(c3)CC(C)O4)C(=O)C(=O)N2Cc2cccnc2)c1. The van der Waals surface area contributed by atoms with E-state index in [1.54, 1.807) is 48.8 Å². The van der Waals surface area contributed by atoms with Crippen molar-refractivity contribution in [1.29, 1.82) is 0 Å². The molecule has 0 saturated carbocycles. The number of aliphatic hydroxyl groups is 1. The van der Waals surface area contributed by atoms with E-state index in [1.807, 2.05) is 19.1 Å². The number of fused-ring (bicyclic) bond motifs is 1. The minimum atomic E-state index is -0.904. The summed E-state index contributed by atoms with van der Waals surface area (Å²) in [6.07, 6.45) is 4.00. The molecule has 0 bridgehead atoms. The van der Waals surface area contributed by atoms with E-state index in [1.165, 1.54) is 19.1 Å². The van der Waals surface area contributed by atoms with Crippen LogP contribution < -0.4 is 14.2 Å². The standard InChI is InChI=1S/C28H26N2O6/c1-16-11-19-12-18(6-8-22(19)36-16)26(31)24-25(21-13-20(34-2)7-9-23(21)35-3)30(28(33)27(24)32)15-17-5-4-10-29-14-17/h4-10,12-14,16,25,31H,11,15H2,1-3H3/b26-24+. The molecule has 8 heteroatoms. The van der Waals surface area contributed by atoms with E-state index in [0.717, 1.165) is 16.9 Å². The van der Waals surface area contributed by atoms with Crippen LogP contribution >= 0.6 is 0 Å². The van der Waals surface area contributed by atoms with Gasteiger partial charge >= 0.3 is 0 Å². The fourth-order valence-corrected chi connectivity index (χ4v) is 4.83. The maximum atomic E-state index is 13.4. The number of rotatable bonds is 6. The summed E-state index contributed by atoms with van der Waals surface area (Å²) in [5.74, 6) is 0.00789. The number of ketones is 1. The first-order valence-electron chi connectivity index (χ1n) is 11.6. The molecule has 3 aromatic rings. The zero-order valence-electron chi connectivity index (χ0n) is 20.2. The molecule has 184 valence electrons. The molecule has 3 heterocycles. The molecular formula is C28H26N2O6. The number of carbonyl (C=O) groups is 2. The number of likely N-dealkylation sites (tertiary alicyclic amines) is 1. The number of nitrogens with zero attached hydrogens (tertiary/aromatic N) is 2. The van der Waals surface area contributed by atoms with Crippen molar-refractivity contribution in [3.05, 3.63) is 88.8 Å². The van der Waals surface area contributed by atoms with E-state index in [9.17, 15) is 14.7 Å². The summed E-state index contributed by atoms with van der Waals surface area (Å²) >= 11 is 0. The first kappa shape index (κ1) is 23.4. The minimum absolute atomic E-state index is 0.0117. The van der Waals surface area contributed by atoms with E-state index in [0.29, 0.717) is 29.0 Å². The monoisotopic (exact) mass is 486 g/mol. The van der Waals surface area contributed by atoms with Gasteiger partial charge in [0.25, 0.3) is 11.7 Å². The van der Waals surface area contributed by atoms with Crippen molar-refractivity contribution < 1.29 is 28.9 Å². The summed E-state index contributed by atoms with van der Waals surface area (Å²) in [4.78, 5) is 32.3. The van der Waals surface area contributed by atoms with Crippen molar-refractivity contribution in [3.63, 3.8) is 0 Å². The number of amides is 1. The van der Waals surface area contributed by atoms with Gasteiger partial charge in [-0.05, 0) is 60.5 Å². The normalized spacial score (nSPS) is 20.2. The average molecular weight is 487 g/mol. The molecule has 0 spiro atoms. The average Bonchev–Trinajstić information content (AvgIpc) is 3.39. The van der Waals surface area contributed by atoms with Gasteiger partial charge in [0.2, 0.25) is 0 Å². The summed E-state index contributed by atoms with van der Waals surface area (Å²) in [6.45, 7) is 2.09. The van der Waals surface area contributed by atoms with Gasteiger partial charge in [0.15, 0.2) is 0 Å². The molecular weight excluding hydrogens is 460 g/mol. The van der Waals surface area contributed by atoms with Gasteiger partial charge in [0, 0.05) is 36.5 Å². The summed E-state index contributed by atoms with van der Waals surface area (Å²) in [7, 11) is 3.05. The first-order valence-corrected chi connectivity index (χ1v) is 11.6. The van der Waals surface area contributed by atoms with Gasteiger partial charge in [-0.1, -0.05) is 6.07 Å². The molecule has 5 rings (SSSR count). The lowest BCUT2D eigenvalue weighted by Gasteiger charge is -2.27. The molecule has 1 N–H and O–H groups in total. The van der Waals surface area contributed by atoms with Crippen LogP contribution in [0.2, 0.25) is 0 Å². The number of ether oxygens (including phenoxy) is 3. The van der Waals surface area contributed by atoms with Crippen molar-refractivity contribution >= 4 is 17.4 Å². The van der Waals surface area contributed by atoms with Crippen molar-refractivity contribution in [2.45, 2.75) is 32.0 Å². The van der Waals surface area contributed by atoms with Crippen LogP contribution in [0.4, 0.5) is 0 Å². The van der Waals surface area contributed by atoms with Gasteiger partial charge in [0.05, 0.1) is 25.8 Å². The van der Waals surface area contributed by atoms with Crippen LogP contribution in [-0.2, 0) is 22.6 Å². The zero-order valence-corrected chi connectivity index (χ0v) is 20.2. The number of benzene rings is 2. The minimum Gasteiger partial charge on any atom is -0.507 e. The highest BCUT2D eigenvalue weighted by atomic mass is 16.5.